The Kier molecular flexibility index (Phi) is 4.51. The average molecular weight is 325 g/mol. The Balaban J connectivity index is 1.89. The van der Waals surface area contributed by atoms with Crippen molar-refractivity contribution in [1.29, 1.82) is 0 Å². The molecule has 0 unspecified atom stereocenters. The molecule has 0 bridgehead atoms. The predicted octanol–water partition coefficient (Wildman–Crippen LogP) is 4.84. The van der Waals surface area contributed by atoms with E-state index in [-0.39, 0.29) is 6.42 Å². The SMILES string of the molecule is CC(C)CC(CC(=O)O)=NOc1ccc2oc3ccccc3c2c1. The second-order valence-corrected chi connectivity index (χ2v) is 6.17. The van der Waals surface area contributed by atoms with Gasteiger partial charge in [0.2, 0.25) is 0 Å². The van der Waals surface area contributed by atoms with Gasteiger partial charge in [0.25, 0.3) is 0 Å². The molecule has 0 radical (unpaired) electrons. The number of hydrogen-bond acceptors (Lipinski definition) is 4. The number of para-hydroxylation sites is 1. The van der Waals surface area contributed by atoms with Crippen LogP contribution in [0.5, 0.6) is 5.75 Å². The Morgan fingerprint density at radius 3 is 2.67 bits per heavy atom. The summed E-state index contributed by atoms with van der Waals surface area (Å²) in [5.74, 6) is -0.0398. The van der Waals surface area contributed by atoms with Crippen LogP contribution >= 0.6 is 0 Å². The van der Waals surface area contributed by atoms with Crippen LogP contribution in [0, 0.1) is 5.92 Å². The Bertz CT molecular complexity index is 908. The molecule has 0 saturated carbocycles. The van der Waals surface area contributed by atoms with Gasteiger partial charge in [-0.05, 0) is 36.6 Å². The van der Waals surface area contributed by atoms with Crippen LogP contribution in [0.15, 0.2) is 52.0 Å². The molecule has 1 aromatic heterocycles. The smallest absolute Gasteiger partial charge is 0.309 e. The maximum atomic E-state index is 10.9. The zero-order chi connectivity index (χ0) is 17.1. The molecule has 2 aromatic carbocycles. The van der Waals surface area contributed by atoms with Crippen molar-refractivity contribution in [2.75, 3.05) is 0 Å². The lowest BCUT2D eigenvalue weighted by molar-refractivity contribution is -0.135. The van der Waals surface area contributed by atoms with E-state index >= 15 is 0 Å². The fourth-order valence-electron chi connectivity index (χ4n) is 2.67. The number of furan rings is 1. The van der Waals surface area contributed by atoms with E-state index in [0.29, 0.717) is 23.8 Å². The molecule has 5 heteroatoms. The summed E-state index contributed by atoms with van der Waals surface area (Å²) in [6, 6.07) is 13.2. The van der Waals surface area contributed by atoms with E-state index in [1.165, 1.54) is 0 Å². The molecule has 5 nitrogen and oxygen atoms in total. The molecule has 124 valence electrons. The molecule has 24 heavy (non-hydrogen) atoms. The largest absolute Gasteiger partial charge is 0.481 e. The van der Waals surface area contributed by atoms with Gasteiger partial charge in [-0.3, -0.25) is 4.79 Å². The minimum atomic E-state index is -0.908. The summed E-state index contributed by atoms with van der Waals surface area (Å²) < 4.78 is 5.77. The second kappa shape index (κ2) is 6.74. The lowest BCUT2D eigenvalue weighted by Crippen LogP contribution is -2.11. The van der Waals surface area contributed by atoms with E-state index < -0.39 is 5.97 Å². The molecule has 0 aliphatic carbocycles. The summed E-state index contributed by atoms with van der Waals surface area (Å²) in [6.45, 7) is 4.03. The van der Waals surface area contributed by atoms with Crippen molar-refractivity contribution in [3.63, 3.8) is 0 Å². The molecule has 0 fully saturated rings. The highest BCUT2D eigenvalue weighted by atomic mass is 16.6. The van der Waals surface area contributed by atoms with Crippen molar-refractivity contribution in [1.82, 2.24) is 0 Å². The Morgan fingerprint density at radius 1 is 1.17 bits per heavy atom. The minimum absolute atomic E-state index is 0.116. The summed E-state index contributed by atoms with van der Waals surface area (Å²) >= 11 is 0. The fourth-order valence-corrected chi connectivity index (χ4v) is 2.67. The van der Waals surface area contributed by atoms with Gasteiger partial charge in [-0.15, -0.1) is 0 Å². The van der Waals surface area contributed by atoms with Crippen molar-refractivity contribution in [2.24, 2.45) is 11.1 Å². The van der Waals surface area contributed by atoms with E-state index in [2.05, 4.69) is 5.16 Å². The van der Waals surface area contributed by atoms with Crippen molar-refractivity contribution in [3.8, 4) is 5.75 Å². The molecule has 0 atom stereocenters. The summed E-state index contributed by atoms with van der Waals surface area (Å²) in [5.41, 5.74) is 2.12. The summed E-state index contributed by atoms with van der Waals surface area (Å²) in [6.07, 6.45) is 0.470. The number of nitrogens with zero attached hydrogens (tertiary/aromatic N) is 1. The quantitative estimate of drug-likeness (QED) is 0.520. The minimum Gasteiger partial charge on any atom is -0.481 e. The van der Waals surface area contributed by atoms with Gasteiger partial charge in [-0.1, -0.05) is 37.2 Å². The van der Waals surface area contributed by atoms with Crippen molar-refractivity contribution in [2.45, 2.75) is 26.7 Å². The molecule has 0 amide bonds. The van der Waals surface area contributed by atoms with Crippen LogP contribution in [-0.2, 0) is 4.79 Å². The zero-order valence-corrected chi connectivity index (χ0v) is 13.7. The second-order valence-electron chi connectivity index (χ2n) is 6.17. The number of carbonyl (C=O) groups is 1. The van der Waals surface area contributed by atoms with E-state index in [9.17, 15) is 4.79 Å². The van der Waals surface area contributed by atoms with Gasteiger partial charge in [-0.2, -0.15) is 0 Å². The summed E-state index contributed by atoms with van der Waals surface area (Å²) in [7, 11) is 0. The lowest BCUT2D eigenvalue weighted by atomic mass is 10.0. The van der Waals surface area contributed by atoms with Gasteiger partial charge in [0.1, 0.15) is 11.2 Å². The Labute approximate surface area is 139 Å². The first-order valence-corrected chi connectivity index (χ1v) is 7.89. The monoisotopic (exact) mass is 325 g/mol. The highest BCUT2D eigenvalue weighted by Gasteiger charge is 2.11. The van der Waals surface area contributed by atoms with Crippen LogP contribution in [0.3, 0.4) is 0 Å². The number of aliphatic carboxylic acids is 1. The van der Waals surface area contributed by atoms with Gasteiger partial charge < -0.3 is 14.4 Å². The van der Waals surface area contributed by atoms with Crippen LogP contribution in [0.25, 0.3) is 21.9 Å². The topological polar surface area (TPSA) is 72.0 Å². The van der Waals surface area contributed by atoms with Gasteiger partial charge >= 0.3 is 5.97 Å². The first-order valence-electron chi connectivity index (χ1n) is 7.89. The Hall–Kier alpha value is -2.82. The maximum Gasteiger partial charge on any atom is 0.309 e. The van der Waals surface area contributed by atoms with Crippen LogP contribution in [-0.4, -0.2) is 16.8 Å². The molecule has 3 rings (SSSR count). The van der Waals surface area contributed by atoms with Gasteiger partial charge in [0, 0.05) is 10.8 Å². The Morgan fingerprint density at radius 2 is 1.92 bits per heavy atom. The molecule has 0 aliphatic heterocycles. The van der Waals surface area contributed by atoms with E-state index in [1.54, 1.807) is 6.07 Å². The molecule has 3 aromatic rings. The molecule has 0 aliphatic rings. The summed E-state index contributed by atoms with van der Waals surface area (Å²) in [5, 5.41) is 15.0. The first-order chi connectivity index (χ1) is 11.5. The van der Waals surface area contributed by atoms with Gasteiger partial charge in [-0.25, -0.2) is 0 Å². The van der Waals surface area contributed by atoms with Crippen LogP contribution in [0.2, 0.25) is 0 Å². The molecule has 0 saturated heterocycles. The summed E-state index contributed by atoms with van der Waals surface area (Å²) in [4.78, 5) is 16.4. The number of oxime groups is 1. The number of fused-ring (bicyclic) bond motifs is 3. The van der Waals surface area contributed by atoms with Crippen LogP contribution < -0.4 is 4.84 Å². The predicted molar refractivity (Wildman–Crippen MR) is 93.5 cm³/mol. The molecular formula is C19H19NO4. The highest BCUT2D eigenvalue weighted by Crippen LogP contribution is 2.31. The fraction of sp³-hybridized carbons (Fsp3) is 0.263. The molecular weight excluding hydrogens is 306 g/mol. The number of benzene rings is 2. The number of carboxylic acids is 1. The van der Waals surface area contributed by atoms with Crippen molar-refractivity contribution in [3.05, 3.63) is 42.5 Å². The highest BCUT2D eigenvalue weighted by molar-refractivity contribution is 6.05. The van der Waals surface area contributed by atoms with E-state index in [4.69, 9.17) is 14.4 Å². The molecule has 1 heterocycles. The van der Waals surface area contributed by atoms with Crippen LogP contribution in [0.4, 0.5) is 0 Å². The third-order valence-electron chi connectivity index (χ3n) is 3.63. The zero-order valence-electron chi connectivity index (χ0n) is 13.7. The van der Waals surface area contributed by atoms with Crippen molar-refractivity contribution < 1.29 is 19.2 Å². The molecule has 1 N–H and O–H groups in total. The van der Waals surface area contributed by atoms with E-state index in [1.807, 2.05) is 50.2 Å². The number of rotatable bonds is 6. The lowest BCUT2D eigenvalue weighted by Gasteiger charge is -2.07. The maximum absolute atomic E-state index is 10.9. The van der Waals surface area contributed by atoms with Crippen molar-refractivity contribution >= 4 is 33.6 Å². The van der Waals surface area contributed by atoms with Gasteiger partial charge in [0.15, 0.2) is 5.75 Å². The third kappa shape index (κ3) is 3.56. The normalized spacial score (nSPS) is 12.2. The van der Waals surface area contributed by atoms with Gasteiger partial charge in [0.05, 0.1) is 12.1 Å². The number of carboxylic acid groups (broad SMARTS) is 1. The third-order valence-corrected chi connectivity index (χ3v) is 3.63. The number of hydrogen-bond donors (Lipinski definition) is 1. The standard InChI is InChI=1S/C19H19NO4/c1-12(2)9-13(10-19(21)22)20-24-14-7-8-18-16(11-14)15-5-3-4-6-17(15)23-18/h3-8,11-12H,9-10H2,1-2H3,(H,21,22). The van der Waals surface area contributed by atoms with E-state index in [0.717, 1.165) is 21.9 Å². The van der Waals surface area contributed by atoms with Crippen LogP contribution in [0.1, 0.15) is 26.7 Å². The molecule has 0 spiro atoms. The first kappa shape index (κ1) is 16.1. The average Bonchev–Trinajstić information content (AvgIpc) is 2.89.